The number of nitrogens with two attached hydrogens (primary N) is 1. The summed E-state index contributed by atoms with van der Waals surface area (Å²) in [5, 5.41) is 18.3. The molecule has 0 saturated heterocycles. The van der Waals surface area contributed by atoms with Gasteiger partial charge in [-0.2, -0.15) is 0 Å². The first-order chi connectivity index (χ1) is 8.50. The number of ether oxygens (including phenoxy) is 2. The molecule has 0 bridgehead atoms. The summed E-state index contributed by atoms with van der Waals surface area (Å²) in [5.74, 6) is -2.55. The van der Waals surface area contributed by atoms with Gasteiger partial charge in [-0.1, -0.05) is 0 Å². The van der Waals surface area contributed by atoms with E-state index in [4.69, 9.17) is 20.3 Å². The molecule has 0 fully saturated rings. The third-order valence-electron chi connectivity index (χ3n) is 2.56. The van der Waals surface area contributed by atoms with Crippen LogP contribution < -0.4 is 15.2 Å². The highest BCUT2D eigenvalue weighted by Crippen LogP contribution is 2.44. The number of benzene rings is 1. The number of carboxylic acids is 1. The molecule has 98 valence electrons. The average Bonchev–Trinajstić information content (AvgIpc) is 2.29. The minimum absolute atomic E-state index is 0.0768. The lowest BCUT2D eigenvalue weighted by molar-refractivity contribution is -0.137. The van der Waals surface area contributed by atoms with Crippen molar-refractivity contribution in [2.75, 3.05) is 13.2 Å². The number of halogens is 1. The number of aliphatic carboxylic acids is 1. The Morgan fingerprint density at radius 1 is 1.50 bits per heavy atom. The Labute approximate surface area is 102 Å². The lowest BCUT2D eigenvalue weighted by Gasteiger charge is -2.24. The Morgan fingerprint density at radius 2 is 2.17 bits per heavy atom. The first-order valence-electron chi connectivity index (χ1n) is 5.29. The van der Waals surface area contributed by atoms with E-state index >= 15 is 0 Å². The molecule has 6 nitrogen and oxygen atoms in total. The molecule has 0 amide bonds. The second-order valence-electron chi connectivity index (χ2n) is 3.85. The summed E-state index contributed by atoms with van der Waals surface area (Å²) in [7, 11) is 0. The summed E-state index contributed by atoms with van der Waals surface area (Å²) in [6, 6.07) is -0.0884. The van der Waals surface area contributed by atoms with Crippen LogP contribution in [0.4, 0.5) is 4.39 Å². The zero-order chi connectivity index (χ0) is 13.3. The fraction of sp³-hybridized carbons (Fsp3) is 0.364. The van der Waals surface area contributed by atoms with Crippen LogP contribution in [0.5, 0.6) is 17.2 Å². The van der Waals surface area contributed by atoms with Gasteiger partial charge in [0.2, 0.25) is 0 Å². The van der Waals surface area contributed by atoms with E-state index in [9.17, 15) is 14.3 Å². The third-order valence-corrected chi connectivity index (χ3v) is 2.56. The van der Waals surface area contributed by atoms with E-state index in [0.717, 1.165) is 6.07 Å². The van der Waals surface area contributed by atoms with Gasteiger partial charge in [0, 0.05) is 12.1 Å². The van der Waals surface area contributed by atoms with E-state index in [-0.39, 0.29) is 30.3 Å². The van der Waals surface area contributed by atoms with Crippen molar-refractivity contribution in [2.45, 2.75) is 12.5 Å². The van der Waals surface area contributed by atoms with E-state index < -0.39 is 30.0 Å². The Balaban J connectivity index is 2.49. The topological polar surface area (TPSA) is 102 Å². The van der Waals surface area contributed by atoms with Gasteiger partial charge in [0.15, 0.2) is 23.1 Å². The number of hydrogen-bond donors (Lipinski definition) is 3. The van der Waals surface area contributed by atoms with Crippen LogP contribution in [0.15, 0.2) is 6.07 Å². The normalized spacial score (nSPS) is 15.2. The lowest BCUT2D eigenvalue weighted by atomic mass is 10.0. The second-order valence-corrected chi connectivity index (χ2v) is 3.85. The molecule has 1 aliphatic heterocycles. The van der Waals surface area contributed by atoms with Crippen LogP contribution in [0, 0.1) is 5.82 Å². The maximum atomic E-state index is 13.5. The van der Waals surface area contributed by atoms with Gasteiger partial charge in [-0.3, -0.25) is 4.79 Å². The molecule has 1 aromatic rings. The highest BCUT2D eigenvalue weighted by Gasteiger charge is 2.28. The third kappa shape index (κ3) is 2.17. The van der Waals surface area contributed by atoms with Crippen molar-refractivity contribution >= 4 is 5.97 Å². The van der Waals surface area contributed by atoms with E-state index in [1.165, 1.54) is 0 Å². The van der Waals surface area contributed by atoms with Crippen LogP contribution in [0.2, 0.25) is 0 Å². The fourth-order valence-electron chi connectivity index (χ4n) is 1.80. The van der Waals surface area contributed by atoms with Gasteiger partial charge < -0.3 is 25.4 Å². The number of rotatable bonds is 3. The van der Waals surface area contributed by atoms with Crippen molar-refractivity contribution in [3.05, 3.63) is 17.4 Å². The molecule has 1 heterocycles. The quantitative estimate of drug-likeness (QED) is 0.739. The van der Waals surface area contributed by atoms with Gasteiger partial charge in [-0.25, -0.2) is 4.39 Å². The maximum absolute atomic E-state index is 13.5. The average molecular weight is 257 g/mol. The van der Waals surface area contributed by atoms with Crippen molar-refractivity contribution in [2.24, 2.45) is 5.73 Å². The summed E-state index contributed by atoms with van der Waals surface area (Å²) < 4.78 is 23.9. The minimum Gasteiger partial charge on any atom is -0.504 e. The fourth-order valence-corrected chi connectivity index (χ4v) is 1.80. The van der Waals surface area contributed by atoms with Crippen LogP contribution in [0.25, 0.3) is 0 Å². The second kappa shape index (κ2) is 4.69. The highest BCUT2D eigenvalue weighted by molar-refractivity contribution is 5.69. The zero-order valence-electron chi connectivity index (χ0n) is 9.35. The van der Waals surface area contributed by atoms with Gasteiger partial charge in [-0.15, -0.1) is 0 Å². The molecule has 7 heteroatoms. The van der Waals surface area contributed by atoms with Crippen molar-refractivity contribution < 1.29 is 28.9 Å². The SMILES string of the molecule is NC(CC(=O)O)c1c(O)c(F)cc2c1OCCO2. The number of phenolic OH excluding ortho intramolecular Hbond substituents is 1. The predicted molar refractivity (Wildman–Crippen MR) is 58.2 cm³/mol. The van der Waals surface area contributed by atoms with Crippen LogP contribution >= 0.6 is 0 Å². The minimum atomic E-state index is -1.16. The molecule has 1 atom stereocenters. The Bertz CT molecular complexity index is 491. The summed E-state index contributed by atoms with van der Waals surface area (Å²) in [6.07, 6.45) is -0.452. The maximum Gasteiger partial charge on any atom is 0.305 e. The zero-order valence-corrected chi connectivity index (χ0v) is 9.35. The molecule has 1 unspecified atom stereocenters. The number of carbonyl (C=O) groups is 1. The number of fused-ring (bicyclic) bond motifs is 1. The van der Waals surface area contributed by atoms with Crippen molar-refractivity contribution in [3.8, 4) is 17.2 Å². The molecule has 4 N–H and O–H groups in total. The molecule has 0 spiro atoms. The molecule has 2 rings (SSSR count). The summed E-state index contributed by atoms with van der Waals surface area (Å²) in [5.41, 5.74) is 5.57. The van der Waals surface area contributed by atoms with Gasteiger partial charge in [-0.05, 0) is 0 Å². The smallest absolute Gasteiger partial charge is 0.305 e. The van der Waals surface area contributed by atoms with Gasteiger partial charge in [0.1, 0.15) is 13.2 Å². The van der Waals surface area contributed by atoms with E-state index in [0.29, 0.717) is 0 Å². The van der Waals surface area contributed by atoms with E-state index in [1.54, 1.807) is 0 Å². The van der Waals surface area contributed by atoms with Crippen molar-refractivity contribution in [1.82, 2.24) is 0 Å². The predicted octanol–water partition coefficient (Wildman–Crippen LogP) is 0.777. The lowest BCUT2D eigenvalue weighted by Crippen LogP contribution is -2.21. The molecule has 0 saturated carbocycles. The van der Waals surface area contributed by atoms with Crippen LogP contribution in [-0.2, 0) is 4.79 Å². The Morgan fingerprint density at radius 3 is 2.83 bits per heavy atom. The monoisotopic (exact) mass is 257 g/mol. The summed E-state index contributed by atoms with van der Waals surface area (Å²) in [4.78, 5) is 10.6. The van der Waals surface area contributed by atoms with Gasteiger partial charge in [0.25, 0.3) is 0 Å². The van der Waals surface area contributed by atoms with Gasteiger partial charge in [0.05, 0.1) is 12.0 Å². The van der Waals surface area contributed by atoms with Gasteiger partial charge >= 0.3 is 5.97 Å². The molecular weight excluding hydrogens is 245 g/mol. The van der Waals surface area contributed by atoms with Crippen LogP contribution in [0.3, 0.4) is 0 Å². The van der Waals surface area contributed by atoms with Crippen LogP contribution in [-0.4, -0.2) is 29.4 Å². The number of carboxylic acid groups (broad SMARTS) is 1. The molecule has 0 aromatic heterocycles. The molecule has 18 heavy (non-hydrogen) atoms. The van der Waals surface area contributed by atoms with E-state index in [1.807, 2.05) is 0 Å². The number of hydrogen-bond acceptors (Lipinski definition) is 5. The Hall–Kier alpha value is -2.02. The molecular formula is C11H12FNO5. The standard InChI is InChI=1S/C11H12FNO5/c12-5-3-7-11(18-2-1-17-7)9(10(5)16)6(13)4-8(14)15/h3,6,16H,1-2,4,13H2,(H,14,15). The molecule has 0 radical (unpaired) electrons. The highest BCUT2D eigenvalue weighted by atomic mass is 19.1. The largest absolute Gasteiger partial charge is 0.504 e. The summed E-state index contributed by atoms with van der Waals surface area (Å²) in [6.45, 7) is 0.482. The van der Waals surface area contributed by atoms with E-state index in [2.05, 4.69) is 0 Å². The molecule has 1 aromatic carbocycles. The summed E-state index contributed by atoms with van der Waals surface area (Å²) >= 11 is 0. The number of phenols is 1. The van der Waals surface area contributed by atoms with Crippen molar-refractivity contribution in [3.63, 3.8) is 0 Å². The molecule has 0 aliphatic carbocycles. The van der Waals surface area contributed by atoms with Crippen LogP contribution in [0.1, 0.15) is 18.0 Å². The first kappa shape index (κ1) is 12.4. The number of aromatic hydroxyl groups is 1. The first-order valence-corrected chi connectivity index (χ1v) is 5.29. The molecule has 1 aliphatic rings. The Kier molecular flexibility index (Phi) is 3.24. The van der Waals surface area contributed by atoms with Crippen molar-refractivity contribution in [1.29, 1.82) is 0 Å².